The van der Waals surface area contributed by atoms with Crippen LogP contribution in [0.25, 0.3) is 32.7 Å². The molecule has 12 heteroatoms. The predicted molar refractivity (Wildman–Crippen MR) is 142 cm³/mol. The van der Waals surface area contributed by atoms with Gasteiger partial charge in [0.25, 0.3) is 5.91 Å². The molecule has 0 aliphatic carbocycles. The Balaban J connectivity index is 1.52. The summed E-state index contributed by atoms with van der Waals surface area (Å²) in [5.41, 5.74) is 6.64. The molecule has 0 aliphatic heterocycles. The van der Waals surface area contributed by atoms with E-state index < -0.39 is 17.6 Å². The summed E-state index contributed by atoms with van der Waals surface area (Å²) in [5, 5.41) is 4.78. The predicted octanol–water partition coefficient (Wildman–Crippen LogP) is 7.60. The molecule has 3 N–H and O–H groups in total. The van der Waals surface area contributed by atoms with Crippen molar-refractivity contribution in [1.29, 1.82) is 0 Å². The first-order chi connectivity index (χ1) is 17.7. The number of anilines is 2. The van der Waals surface area contributed by atoms with E-state index >= 15 is 0 Å². The molecule has 0 unspecified atom stereocenters. The number of aromatic nitrogens is 2. The number of nitrogens with one attached hydrogen (secondary N) is 1. The van der Waals surface area contributed by atoms with Crippen LogP contribution in [0.4, 0.5) is 24.0 Å². The molecule has 0 aliphatic rings. The Morgan fingerprint density at radius 3 is 2.49 bits per heavy atom. The van der Waals surface area contributed by atoms with Gasteiger partial charge in [-0.1, -0.05) is 29.8 Å². The molecule has 0 bridgehead atoms. The molecule has 0 saturated heterocycles. The topological polar surface area (TPSA) is 90.1 Å². The number of methoxy groups -OCH3 is 1. The van der Waals surface area contributed by atoms with E-state index in [2.05, 4.69) is 15.3 Å². The third-order valence-corrected chi connectivity index (χ3v) is 7.66. The van der Waals surface area contributed by atoms with Gasteiger partial charge in [-0.25, -0.2) is 9.97 Å². The third-order valence-electron chi connectivity index (χ3n) is 5.47. The maximum Gasteiger partial charge on any atom is 0.417 e. The highest BCUT2D eigenvalue weighted by Gasteiger charge is 2.36. The van der Waals surface area contributed by atoms with Crippen LogP contribution in [-0.4, -0.2) is 23.0 Å². The first-order valence-electron chi connectivity index (χ1n) is 10.6. The Labute approximate surface area is 221 Å². The molecule has 5 rings (SSSR count). The fourth-order valence-electron chi connectivity index (χ4n) is 3.70. The van der Waals surface area contributed by atoms with Crippen molar-refractivity contribution < 1.29 is 22.7 Å². The second kappa shape index (κ2) is 9.66. The molecule has 0 spiro atoms. The van der Waals surface area contributed by atoms with Gasteiger partial charge in [-0.15, -0.1) is 22.7 Å². The average molecular weight is 561 g/mol. The number of carbonyl (C=O) groups excluding carboxylic acids is 1. The standard InChI is InChI=1S/C25H16ClF3N4O2S2/c1-35-13-8-6-12(7-9-13)17-10-15(25(27,28)29)19-20(30)21(37-23(19)31-17)22(34)33-24-32-18(11-36-24)14-4-2-3-5-16(14)26/h2-11H,30H2,1H3,(H,32,33,34). The number of rotatable bonds is 5. The number of alkyl halides is 3. The van der Waals surface area contributed by atoms with E-state index in [0.717, 1.165) is 28.7 Å². The zero-order valence-electron chi connectivity index (χ0n) is 18.9. The molecule has 0 atom stereocenters. The molecule has 0 saturated carbocycles. The molecule has 3 aromatic heterocycles. The highest BCUT2D eigenvalue weighted by atomic mass is 35.5. The number of ether oxygens (including phenoxy) is 1. The first-order valence-corrected chi connectivity index (χ1v) is 12.7. The number of thiophene rings is 1. The Morgan fingerprint density at radius 1 is 1.08 bits per heavy atom. The summed E-state index contributed by atoms with van der Waals surface area (Å²) in [4.78, 5) is 21.7. The number of nitrogens with two attached hydrogens (primary N) is 1. The maximum absolute atomic E-state index is 14.0. The summed E-state index contributed by atoms with van der Waals surface area (Å²) in [6, 6.07) is 14.5. The van der Waals surface area contributed by atoms with Gasteiger partial charge >= 0.3 is 6.18 Å². The Kier molecular flexibility index (Phi) is 6.52. The highest BCUT2D eigenvalue weighted by Crippen LogP contribution is 2.44. The van der Waals surface area contributed by atoms with Crippen molar-refractivity contribution in [2.45, 2.75) is 6.18 Å². The van der Waals surface area contributed by atoms with Crippen LogP contribution >= 0.6 is 34.3 Å². The lowest BCUT2D eigenvalue weighted by atomic mass is 10.1. The van der Waals surface area contributed by atoms with Crippen molar-refractivity contribution in [1.82, 2.24) is 9.97 Å². The zero-order chi connectivity index (χ0) is 26.3. The molecule has 188 valence electrons. The molecule has 0 radical (unpaired) electrons. The number of hydrogen-bond acceptors (Lipinski definition) is 7. The molecule has 5 aromatic rings. The van der Waals surface area contributed by atoms with Gasteiger partial charge in [0, 0.05) is 26.9 Å². The number of carbonyl (C=O) groups is 1. The van der Waals surface area contributed by atoms with Crippen LogP contribution in [0.2, 0.25) is 5.02 Å². The lowest BCUT2D eigenvalue weighted by Crippen LogP contribution is -2.12. The van der Waals surface area contributed by atoms with Gasteiger partial charge in [0.1, 0.15) is 15.5 Å². The lowest BCUT2D eigenvalue weighted by Gasteiger charge is -2.11. The van der Waals surface area contributed by atoms with Crippen molar-refractivity contribution in [3.05, 3.63) is 75.4 Å². The van der Waals surface area contributed by atoms with Crippen molar-refractivity contribution in [3.8, 4) is 28.3 Å². The summed E-state index contributed by atoms with van der Waals surface area (Å²) in [6.07, 6.45) is -4.72. The molecule has 3 heterocycles. The largest absolute Gasteiger partial charge is 0.497 e. The number of thiazole rings is 1. The van der Waals surface area contributed by atoms with E-state index in [0.29, 0.717) is 27.6 Å². The van der Waals surface area contributed by atoms with E-state index in [4.69, 9.17) is 22.1 Å². The SMILES string of the molecule is COc1ccc(-c2cc(C(F)(F)F)c3c(N)c(C(=O)Nc4nc(-c5ccccc5Cl)cs4)sc3n2)cc1. The molecule has 1 amide bonds. The van der Waals surface area contributed by atoms with E-state index in [-0.39, 0.29) is 31.6 Å². The van der Waals surface area contributed by atoms with Crippen LogP contribution in [-0.2, 0) is 6.18 Å². The molecule has 2 aromatic carbocycles. The highest BCUT2D eigenvalue weighted by molar-refractivity contribution is 7.21. The van der Waals surface area contributed by atoms with Gasteiger partial charge in [-0.3, -0.25) is 10.1 Å². The van der Waals surface area contributed by atoms with Crippen LogP contribution in [0.5, 0.6) is 5.75 Å². The smallest absolute Gasteiger partial charge is 0.417 e. The maximum atomic E-state index is 14.0. The molecule has 37 heavy (non-hydrogen) atoms. The van der Waals surface area contributed by atoms with Gasteiger partial charge < -0.3 is 10.5 Å². The van der Waals surface area contributed by atoms with Crippen LogP contribution in [0.1, 0.15) is 15.2 Å². The Hall–Kier alpha value is -3.67. The summed E-state index contributed by atoms with van der Waals surface area (Å²) in [7, 11) is 1.49. The minimum atomic E-state index is -4.72. The van der Waals surface area contributed by atoms with E-state index in [9.17, 15) is 18.0 Å². The van der Waals surface area contributed by atoms with E-state index in [1.165, 1.54) is 7.11 Å². The molecular weight excluding hydrogens is 545 g/mol. The van der Waals surface area contributed by atoms with E-state index in [1.54, 1.807) is 47.8 Å². The van der Waals surface area contributed by atoms with Gasteiger partial charge in [0.05, 0.1) is 29.7 Å². The van der Waals surface area contributed by atoms with Crippen LogP contribution < -0.4 is 15.8 Å². The number of amides is 1. The lowest BCUT2D eigenvalue weighted by molar-refractivity contribution is -0.136. The molecule has 6 nitrogen and oxygen atoms in total. The van der Waals surface area contributed by atoms with Gasteiger partial charge in [0.2, 0.25) is 0 Å². The number of halogens is 4. The number of fused-ring (bicyclic) bond motifs is 1. The van der Waals surface area contributed by atoms with Crippen molar-refractivity contribution in [2.24, 2.45) is 0 Å². The van der Waals surface area contributed by atoms with Crippen LogP contribution in [0.3, 0.4) is 0 Å². The zero-order valence-corrected chi connectivity index (χ0v) is 21.3. The van der Waals surface area contributed by atoms with E-state index in [1.807, 2.05) is 6.07 Å². The summed E-state index contributed by atoms with van der Waals surface area (Å²) < 4.78 is 47.3. The second-order valence-corrected chi connectivity index (χ2v) is 10.0. The van der Waals surface area contributed by atoms with Crippen LogP contribution in [0, 0.1) is 0 Å². The first kappa shape index (κ1) is 25.0. The quantitative estimate of drug-likeness (QED) is 0.231. The Bertz CT molecular complexity index is 1630. The normalized spacial score (nSPS) is 11.6. The van der Waals surface area contributed by atoms with Crippen LogP contribution in [0.15, 0.2) is 60.0 Å². The summed E-state index contributed by atoms with van der Waals surface area (Å²) >= 11 is 8.16. The van der Waals surface area contributed by atoms with Crippen molar-refractivity contribution in [3.63, 3.8) is 0 Å². The average Bonchev–Trinajstić information content (AvgIpc) is 3.47. The minimum absolute atomic E-state index is 0.000752. The summed E-state index contributed by atoms with van der Waals surface area (Å²) in [5.74, 6) is -0.125. The minimum Gasteiger partial charge on any atom is -0.497 e. The number of benzene rings is 2. The van der Waals surface area contributed by atoms with Gasteiger partial charge in [0.15, 0.2) is 5.13 Å². The van der Waals surface area contributed by atoms with Gasteiger partial charge in [-0.2, -0.15) is 13.2 Å². The molecule has 0 fully saturated rings. The number of pyridine rings is 1. The monoisotopic (exact) mass is 560 g/mol. The number of nitrogens with zero attached hydrogens (tertiary/aromatic N) is 2. The number of hydrogen-bond donors (Lipinski definition) is 2. The number of nitrogen functional groups attached to an aromatic ring is 1. The second-order valence-electron chi connectivity index (χ2n) is 7.78. The molecular formula is C25H16ClF3N4O2S2. The van der Waals surface area contributed by atoms with Crippen molar-refractivity contribution >= 4 is 61.2 Å². The van der Waals surface area contributed by atoms with Gasteiger partial charge in [-0.05, 0) is 36.4 Å². The fraction of sp³-hybridized carbons (Fsp3) is 0.0800. The third kappa shape index (κ3) is 4.85. The fourth-order valence-corrected chi connectivity index (χ4v) is 5.65. The summed E-state index contributed by atoms with van der Waals surface area (Å²) in [6.45, 7) is 0. The van der Waals surface area contributed by atoms with Crippen molar-refractivity contribution in [2.75, 3.05) is 18.2 Å². The Morgan fingerprint density at radius 2 is 1.81 bits per heavy atom.